The molecule has 0 aromatic heterocycles. The molecule has 0 amide bonds. The Morgan fingerprint density at radius 1 is 1.50 bits per heavy atom. The first-order valence-corrected chi connectivity index (χ1v) is 4.51. The van der Waals surface area contributed by atoms with Crippen LogP contribution < -0.4 is 0 Å². The first kappa shape index (κ1) is 11.5. The molecule has 0 spiro atoms. The zero-order chi connectivity index (χ0) is 11.8. The number of aromatic hydroxyl groups is 1. The van der Waals surface area contributed by atoms with Crippen LogP contribution in [0.2, 0.25) is 0 Å². The molecular weight excluding hydrogens is 204 g/mol. The van der Waals surface area contributed by atoms with Crippen LogP contribution >= 0.6 is 0 Å². The van der Waals surface area contributed by atoms with Crippen molar-refractivity contribution in [2.75, 3.05) is 6.54 Å². The second kappa shape index (κ2) is 5.98. The van der Waals surface area contributed by atoms with E-state index in [1.54, 1.807) is 6.07 Å². The second-order valence-corrected chi connectivity index (χ2v) is 2.85. The fourth-order valence-electron chi connectivity index (χ4n) is 1.02. The standard InChI is InChI=1S/C11H8N4O/c12-8-10-5-4-9(7-11(10)16)3-1-2-6-14-15-13/h4-5,7,16H,2,6H2. The van der Waals surface area contributed by atoms with Gasteiger partial charge in [-0.15, -0.1) is 0 Å². The third-order valence-electron chi connectivity index (χ3n) is 1.75. The lowest BCUT2D eigenvalue weighted by Gasteiger charge is -1.95. The van der Waals surface area contributed by atoms with E-state index in [9.17, 15) is 5.11 Å². The van der Waals surface area contributed by atoms with Crippen LogP contribution in [0.15, 0.2) is 23.3 Å². The average Bonchev–Trinajstić information content (AvgIpc) is 2.29. The van der Waals surface area contributed by atoms with Gasteiger partial charge in [0, 0.05) is 23.4 Å². The van der Waals surface area contributed by atoms with Gasteiger partial charge in [0.25, 0.3) is 0 Å². The first-order chi connectivity index (χ1) is 7.77. The molecule has 0 fully saturated rings. The Morgan fingerprint density at radius 3 is 2.94 bits per heavy atom. The summed E-state index contributed by atoms with van der Waals surface area (Å²) in [5.74, 6) is 5.51. The molecule has 1 rings (SSSR count). The van der Waals surface area contributed by atoms with E-state index in [1.165, 1.54) is 12.1 Å². The maximum Gasteiger partial charge on any atom is 0.134 e. The van der Waals surface area contributed by atoms with Crippen LogP contribution in [0.5, 0.6) is 5.75 Å². The summed E-state index contributed by atoms with van der Waals surface area (Å²) in [6, 6.07) is 6.44. The average molecular weight is 212 g/mol. The summed E-state index contributed by atoms with van der Waals surface area (Å²) in [5, 5.41) is 21.3. The summed E-state index contributed by atoms with van der Waals surface area (Å²) in [7, 11) is 0. The minimum absolute atomic E-state index is 0.0793. The third-order valence-corrected chi connectivity index (χ3v) is 1.75. The quantitative estimate of drug-likeness (QED) is 0.268. The number of benzene rings is 1. The van der Waals surface area contributed by atoms with Crippen LogP contribution in [-0.4, -0.2) is 11.7 Å². The molecule has 16 heavy (non-hydrogen) atoms. The highest BCUT2D eigenvalue weighted by Crippen LogP contribution is 2.16. The SMILES string of the molecule is N#Cc1ccc(C#CCCN=[N+]=[N-])cc1O. The van der Waals surface area contributed by atoms with E-state index >= 15 is 0 Å². The minimum Gasteiger partial charge on any atom is -0.507 e. The topological polar surface area (TPSA) is 92.8 Å². The van der Waals surface area contributed by atoms with Gasteiger partial charge in [-0.1, -0.05) is 17.0 Å². The number of hydrogen-bond acceptors (Lipinski definition) is 3. The highest BCUT2D eigenvalue weighted by atomic mass is 16.3. The zero-order valence-corrected chi connectivity index (χ0v) is 8.38. The summed E-state index contributed by atoms with van der Waals surface area (Å²) < 4.78 is 0. The number of rotatable bonds is 2. The van der Waals surface area contributed by atoms with Gasteiger partial charge >= 0.3 is 0 Å². The van der Waals surface area contributed by atoms with Crippen molar-refractivity contribution in [1.82, 2.24) is 0 Å². The Labute approximate surface area is 92.6 Å². The first-order valence-electron chi connectivity index (χ1n) is 4.51. The summed E-state index contributed by atoms with van der Waals surface area (Å²) in [6.45, 7) is 0.325. The van der Waals surface area contributed by atoms with Gasteiger partial charge in [0.1, 0.15) is 11.8 Å². The van der Waals surface area contributed by atoms with E-state index in [1.807, 2.05) is 6.07 Å². The molecule has 0 saturated heterocycles. The highest BCUT2D eigenvalue weighted by Gasteiger charge is 1.98. The minimum atomic E-state index is -0.0793. The van der Waals surface area contributed by atoms with E-state index in [0.29, 0.717) is 18.5 Å². The predicted octanol–water partition coefficient (Wildman–Crippen LogP) is 2.32. The summed E-state index contributed by atoms with van der Waals surface area (Å²) in [4.78, 5) is 2.60. The van der Waals surface area contributed by atoms with E-state index in [4.69, 9.17) is 10.8 Å². The largest absolute Gasteiger partial charge is 0.507 e. The van der Waals surface area contributed by atoms with Crippen molar-refractivity contribution in [3.8, 4) is 23.7 Å². The lowest BCUT2D eigenvalue weighted by Crippen LogP contribution is -1.80. The molecule has 5 heteroatoms. The van der Waals surface area contributed by atoms with Gasteiger partial charge in [-0.05, 0) is 23.7 Å². The van der Waals surface area contributed by atoms with Crippen LogP contribution in [0.4, 0.5) is 0 Å². The molecule has 0 aliphatic heterocycles. The molecule has 1 aromatic rings. The molecular formula is C11H8N4O. The van der Waals surface area contributed by atoms with E-state index < -0.39 is 0 Å². The fraction of sp³-hybridized carbons (Fsp3) is 0.182. The van der Waals surface area contributed by atoms with Crippen molar-refractivity contribution in [2.24, 2.45) is 5.11 Å². The summed E-state index contributed by atoms with van der Waals surface area (Å²) in [5.41, 5.74) is 8.87. The van der Waals surface area contributed by atoms with Crippen LogP contribution in [0.25, 0.3) is 10.4 Å². The third kappa shape index (κ3) is 3.26. The van der Waals surface area contributed by atoms with Crippen LogP contribution in [0.3, 0.4) is 0 Å². The molecule has 1 aromatic carbocycles. The number of phenols is 1. The number of phenolic OH excluding ortho intramolecular Hbond substituents is 1. The van der Waals surface area contributed by atoms with E-state index in [2.05, 4.69) is 21.9 Å². The predicted molar refractivity (Wildman–Crippen MR) is 58.3 cm³/mol. The molecule has 0 unspecified atom stereocenters. The second-order valence-electron chi connectivity index (χ2n) is 2.85. The van der Waals surface area contributed by atoms with Crippen molar-refractivity contribution in [3.05, 3.63) is 39.8 Å². The molecule has 0 aliphatic rings. The van der Waals surface area contributed by atoms with Gasteiger partial charge < -0.3 is 5.11 Å². The molecule has 0 bridgehead atoms. The van der Waals surface area contributed by atoms with Crippen molar-refractivity contribution in [1.29, 1.82) is 5.26 Å². The Balaban J connectivity index is 2.72. The number of nitrogens with zero attached hydrogens (tertiary/aromatic N) is 4. The summed E-state index contributed by atoms with van der Waals surface area (Å²) in [6.07, 6.45) is 0.463. The van der Waals surface area contributed by atoms with Gasteiger partial charge in [-0.2, -0.15) is 5.26 Å². The van der Waals surface area contributed by atoms with E-state index in [0.717, 1.165) is 0 Å². The Bertz CT molecular complexity index is 527. The van der Waals surface area contributed by atoms with Gasteiger partial charge in [-0.25, -0.2) is 0 Å². The monoisotopic (exact) mass is 212 g/mol. The lowest BCUT2D eigenvalue weighted by atomic mass is 10.1. The van der Waals surface area contributed by atoms with Gasteiger partial charge in [-0.3, -0.25) is 0 Å². The molecule has 5 nitrogen and oxygen atoms in total. The summed E-state index contributed by atoms with van der Waals surface area (Å²) >= 11 is 0. The zero-order valence-electron chi connectivity index (χ0n) is 8.38. The van der Waals surface area contributed by atoms with Crippen molar-refractivity contribution < 1.29 is 5.11 Å². The molecule has 0 saturated carbocycles. The van der Waals surface area contributed by atoms with Gasteiger partial charge in [0.15, 0.2) is 0 Å². The Hall–Kier alpha value is -2.62. The number of hydrogen-bond donors (Lipinski definition) is 1. The lowest BCUT2D eigenvalue weighted by molar-refractivity contribution is 0.473. The van der Waals surface area contributed by atoms with Crippen molar-refractivity contribution in [3.63, 3.8) is 0 Å². The van der Waals surface area contributed by atoms with Crippen LogP contribution in [0.1, 0.15) is 17.5 Å². The highest BCUT2D eigenvalue weighted by molar-refractivity contribution is 5.48. The number of azide groups is 1. The van der Waals surface area contributed by atoms with Crippen molar-refractivity contribution in [2.45, 2.75) is 6.42 Å². The molecule has 1 N–H and O–H groups in total. The van der Waals surface area contributed by atoms with Crippen LogP contribution in [-0.2, 0) is 0 Å². The fourth-order valence-corrected chi connectivity index (χ4v) is 1.02. The van der Waals surface area contributed by atoms with Gasteiger partial charge in [0.05, 0.1) is 5.56 Å². The normalized spacial score (nSPS) is 8.19. The van der Waals surface area contributed by atoms with Crippen molar-refractivity contribution >= 4 is 0 Å². The smallest absolute Gasteiger partial charge is 0.134 e. The van der Waals surface area contributed by atoms with Crippen LogP contribution in [0, 0.1) is 23.2 Å². The molecule has 78 valence electrons. The molecule has 0 heterocycles. The van der Waals surface area contributed by atoms with Gasteiger partial charge in [0.2, 0.25) is 0 Å². The number of nitriles is 1. The molecule has 0 radical (unpaired) electrons. The van der Waals surface area contributed by atoms with E-state index in [-0.39, 0.29) is 11.3 Å². The Kier molecular flexibility index (Phi) is 4.28. The molecule has 0 atom stereocenters. The maximum atomic E-state index is 9.38. The molecule has 0 aliphatic carbocycles. The maximum absolute atomic E-state index is 9.38. The Morgan fingerprint density at radius 2 is 2.31 bits per heavy atom.